The van der Waals surface area contributed by atoms with Crippen LogP contribution < -0.4 is 5.43 Å². The fourth-order valence-electron chi connectivity index (χ4n) is 1.44. The molecule has 2 rings (SSSR count). The van der Waals surface area contributed by atoms with Crippen molar-refractivity contribution in [2.45, 2.75) is 0 Å². The lowest BCUT2D eigenvalue weighted by molar-refractivity contribution is 0.0955. The van der Waals surface area contributed by atoms with Crippen LogP contribution in [0.3, 0.4) is 0 Å². The van der Waals surface area contributed by atoms with Gasteiger partial charge in [0, 0.05) is 16.1 Å². The molecule has 0 saturated carbocycles. The Balaban J connectivity index is 2.02. The maximum Gasteiger partial charge on any atom is 0.271 e. The van der Waals surface area contributed by atoms with Gasteiger partial charge in [-0.2, -0.15) is 5.10 Å². The van der Waals surface area contributed by atoms with Gasteiger partial charge in [0.1, 0.15) is 5.75 Å². The maximum atomic E-state index is 11.7. The van der Waals surface area contributed by atoms with Gasteiger partial charge in [-0.3, -0.25) is 4.79 Å². The molecular weight excluding hydrogens is 299 g/mol. The number of hydrazone groups is 1. The number of carbonyl (C=O) groups is 1. The molecule has 0 fully saturated rings. The summed E-state index contributed by atoms with van der Waals surface area (Å²) in [6.07, 6.45) is 1.43. The number of hydrogen-bond acceptors (Lipinski definition) is 3. The van der Waals surface area contributed by atoms with E-state index in [4.69, 9.17) is 28.3 Å². The second-order valence-corrected chi connectivity index (χ2v) is 4.76. The molecule has 2 aromatic rings. The van der Waals surface area contributed by atoms with Gasteiger partial charge in [0.25, 0.3) is 5.91 Å². The first-order valence-electron chi connectivity index (χ1n) is 5.64. The number of hydrogen-bond donors (Lipinski definition) is 2. The van der Waals surface area contributed by atoms with Crippen LogP contribution in [0.25, 0.3) is 0 Å². The Morgan fingerprint density at radius 3 is 2.50 bits per heavy atom. The van der Waals surface area contributed by atoms with E-state index < -0.39 is 0 Å². The maximum absolute atomic E-state index is 11.7. The van der Waals surface area contributed by atoms with Crippen LogP contribution >= 0.6 is 23.2 Å². The molecule has 4 nitrogen and oxygen atoms in total. The first-order chi connectivity index (χ1) is 9.56. The highest BCUT2D eigenvalue weighted by Gasteiger charge is 2.03. The molecule has 0 saturated heterocycles. The minimum Gasteiger partial charge on any atom is -0.508 e. The van der Waals surface area contributed by atoms with E-state index in [1.54, 1.807) is 18.2 Å². The van der Waals surface area contributed by atoms with E-state index in [2.05, 4.69) is 10.5 Å². The van der Waals surface area contributed by atoms with Gasteiger partial charge in [-0.05, 0) is 36.4 Å². The van der Waals surface area contributed by atoms with Gasteiger partial charge in [-0.15, -0.1) is 0 Å². The fraction of sp³-hybridized carbons (Fsp3) is 0. The summed E-state index contributed by atoms with van der Waals surface area (Å²) in [6.45, 7) is 0. The zero-order chi connectivity index (χ0) is 14.5. The SMILES string of the molecule is O=C(N/N=C/c1ccc(Cl)cc1Cl)c1ccc(O)cc1. The van der Waals surface area contributed by atoms with E-state index in [-0.39, 0.29) is 11.7 Å². The normalized spacial score (nSPS) is 10.7. The standard InChI is InChI=1S/C14H10Cl2N2O2/c15-11-4-1-10(13(16)7-11)8-17-18-14(20)9-2-5-12(19)6-3-9/h1-8,19H,(H,18,20)/b17-8+. The first kappa shape index (κ1) is 14.4. The number of halogens is 2. The zero-order valence-electron chi connectivity index (χ0n) is 10.2. The van der Waals surface area contributed by atoms with Gasteiger partial charge in [0.2, 0.25) is 0 Å². The Morgan fingerprint density at radius 1 is 1.15 bits per heavy atom. The molecule has 20 heavy (non-hydrogen) atoms. The summed E-state index contributed by atoms with van der Waals surface area (Å²) in [6, 6.07) is 10.8. The number of phenols is 1. The molecule has 0 aliphatic heterocycles. The molecule has 0 unspecified atom stereocenters. The average Bonchev–Trinajstić information content (AvgIpc) is 2.42. The number of benzene rings is 2. The van der Waals surface area contributed by atoms with Crippen LogP contribution in [-0.4, -0.2) is 17.2 Å². The third kappa shape index (κ3) is 3.73. The summed E-state index contributed by atoms with van der Waals surface area (Å²) >= 11 is 11.7. The molecular formula is C14H10Cl2N2O2. The molecule has 6 heteroatoms. The molecule has 0 bridgehead atoms. The number of carbonyl (C=O) groups excluding carboxylic acids is 1. The van der Waals surface area contributed by atoms with Gasteiger partial charge in [-0.25, -0.2) is 5.43 Å². The second-order valence-electron chi connectivity index (χ2n) is 3.91. The Hall–Kier alpha value is -2.04. The predicted molar refractivity (Wildman–Crippen MR) is 79.6 cm³/mol. The molecule has 0 atom stereocenters. The monoisotopic (exact) mass is 308 g/mol. The summed E-state index contributed by atoms with van der Waals surface area (Å²) < 4.78 is 0. The van der Waals surface area contributed by atoms with Crippen molar-refractivity contribution in [1.29, 1.82) is 0 Å². The molecule has 2 aromatic carbocycles. The Bertz CT molecular complexity index is 655. The van der Waals surface area contributed by atoms with Crippen molar-refractivity contribution in [2.75, 3.05) is 0 Å². The van der Waals surface area contributed by atoms with Crippen molar-refractivity contribution < 1.29 is 9.90 Å². The fourth-order valence-corrected chi connectivity index (χ4v) is 1.90. The summed E-state index contributed by atoms with van der Waals surface area (Å²) in [5, 5.41) is 13.9. The van der Waals surface area contributed by atoms with E-state index in [0.29, 0.717) is 21.2 Å². The van der Waals surface area contributed by atoms with Gasteiger partial charge >= 0.3 is 0 Å². The number of aromatic hydroxyl groups is 1. The average molecular weight is 309 g/mol. The third-order valence-corrected chi connectivity index (χ3v) is 3.02. The number of amides is 1. The van der Waals surface area contributed by atoms with E-state index in [9.17, 15) is 4.79 Å². The quantitative estimate of drug-likeness (QED) is 0.674. The van der Waals surface area contributed by atoms with Crippen LogP contribution in [0.5, 0.6) is 5.75 Å². The van der Waals surface area contributed by atoms with Crippen molar-refractivity contribution >= 4 is 35.3 Å². The number of rotatable bonds is 3. The van der Waals surface area contributed by atoms with Crippen molar-refractivity contribution in [2.24, 2.45) is 5.10 Å². The van der Waals surface area contributed by atoms with Crippen molar-refractivity contribution in [3.63, 3.8) is 0 Å². The van der Waals surface area contributed by atoms with Crippen molar-refractivity contribution in [1.82, 2.24) is 5.43 Å². The van der Waals surface area contributed by atoms with Crippen molar-refractivity contribution in [3.05, 3.63) is 63.6 Å². The zero-order valence-corrected chi connectivity index (χ0v) is 11.7. The predicted octanol–water partition coefficient (Wildman–Crippen LogP) is 3.46. The molecule has 0 aromatic heterocycles. The van der Waals surface area contributed by atoms with Crippen LogP contribution in [0.2, 0.25) is 10.0 Å². The summed E-state index contributed by atoms with van der Waals surface area (Å²) in [5.74, 6) is -0.288. The molecule has 0 heterocycles. The lowest BCUT2D eigenvalue weighted by atomic mass is 10.2. The van der Waals surface area contributed by atoms with E-state index in [0.717, 1.165) is 0 Å². The van der Waals surface area contributed by atoms with Crippen LogP contribution in [0.1, 0.15) is 15.9 Å². The van der Waals surface area contributed by atoms with E-state index >= 15 is 0 Å². The third-order valence-electron chi connectivity index (χ3n) is 2.46. The Morgan fingerprint density at radius 2 is 1.85 bits per heavy atom. The van der Waals surface area contributed by atoms with Gasteiger partial charge < -0.3 is 5.11 Å². The molecule has 2 N–H and O–H groups in total. The van der Waals surface area contributed by atoms with Crippen LogP contribution in [0.4, 0.5) is 0 Å². The Labute approximate surface area is 125 Å². The summed E-state index contributed by atoms with van der Waals surface area (Å²) in [7, 11) is 0. The van der Waals surface area contributed by atoms with Gasteiger partial charge in [0.15, 0.2) is 0 Å². The van der Waals surface area contributed by atoms with Gasteiger partial charge in [0.05, 0.1) is 11.2 Å². The minimum atomic E-state index is -0.383. The van der Waals surface area contributed by atoms with Crippen LogP contribution in [-0.2, 0) is 0 Å². The number of phenolic OH excluding ortho intramolecular Hbond substituents is 1. The highest BCUT2D eigenvalue weighted by atomic mass is 35.5. The molecule has 0 aliphatic rings. The smallest absolute Gasteiger partial charge is 0.271 e. The molecule has 1 amide bonds. The minimum absolute atomic E-state index is 0.0954. The lowest BCUT2D eigenvalue weighted by Gasteiger charge is -2.01. The van der Waals surface area contributed by atoms with Crippen molar-refractivity contribution in [3.8, 4) is 5.75 Å². The first-order valence-corrected chi connectivity index (χ1v) is 6.39. The second kappa shape index (κ2) is 6.41. The summed E-state index contributed by atoms with van der Waals surface area (Å²) in [5.41, 5.74) is 3.40. The Kier molecular flexibility index (Phi) is 4.61. The van der Waals surface area contributed by atoms with Crippen LogP contribution in [0.15, 0.2) is 47.6 Å². The van der Waals surface area contributed by atoms with Crippen LogP contribution in [0, 0.1) is 0 Å². The molecule has 0 radical (unpaired) electrons. The molecule has 0 aliphatic carbocycles. The molecule has 0 spiro atoms. The molecule has 102 valence electrons. The summed E-state index contributed by atoms with van der Waals surface area (Å²) in [4.78, 5) is 11.7. The van der Waals surface area contributed by atoms with E-state index in [1.165, 1.54) is 30.5 Å². The van der Waals surface area contributed by atoms with E-state index in [1.807, 2.05) is 0 Å². The number of nitrogens with zero attached hydrogens (tertiary/aromatic N) is 1. The number of nitrogens with one attached hydrogen (secondary N) is 1. The lowest BCUT2D eigenvalue weighted by Crippen LogP contribution is -2.17. The highest BCUT2D eigenvalue weighted by Crippen LogP contribution is 2.19. The largest absolute Gasteiger partial charge is 0.508 e. The topological polar surface area (TPSA) is 61.7 Å². The highest BCUT2D eigenvalue weighted by molar-refractivity contribution is 6.36. The van der Waals surface area contributed by atoms with Gasteiger partial charge in [-0.1, -0.05) is 29.3 Å².